The molecule has 2 nitrogen and oxygen atoms in total. The predicted molar refractivity (Wildman–Crippen MR) is 50.1 cm³/mol. The third kappa shape index (κ3) is 2.60. The maximum Gasteiger partial charge on any atom is 0.0638 e. The van der Waals surface area contributed by atoms with Crippen LogP contribution >= 0.6 is 23.4 Å². The minimum Gasteiger partial charge on any atom is -0.397 e. The second kappa shape index (κ2) is 4.46. The van der Waals surface area contributed by atoms with E-state index in [-0.39, 0.29) is 0 Å². The third-order valence-corrected chi connectivity index (χ3v) is 2.65. The van der Waals surface area contributed by atoms with Crippen LogP contribution in [0.5, 0.6) is 0 Å². The average Bonchev–Trinajstić information content (AvgIpc) is 2.03. The number of aromatic nitrogens is 1. The zero-order valence-corrected chi connectivity index (χ0v) is 7.53. The summed E-state index contributed by atoms with van der Waals surface area (Å²) in [4.78, 5) is 4.94. The number of nitrogens with two attached hydrogens (primary N) is 1. The van der Waals surface area contributed by atoms with Crippen LogP contribution < -0.4 is 5.73 Å². The second-order valence-corrected chi connectivity index (χ2v) is 3.47. The van der Waals surface area contributed by atoms with Gasteiger partial charge in [-0.3, -0.25) is 4.98 Å². The monoisotopic (exact) mass is 188 g/mol. The molecule has 4 heteroatoms. The quantitative estimate of drug-likeness (QED) is 0.583. The number of nitrogens with zero attached hydrogens (tertiary/aromatic N) is 1. The molecule has 1 heterocycles. The van der Waals surface area contributed by atoms with E-state index in [0.29, 0.717) is 5.88 Å². The molecule has 0 aromatic carbocycles. The predicted octanol–water partition coefficient (Wildman–Crippen LogP) is 1.99. The molecule has 0 amide bonds. The first-order valence-corrected chi connectivity index (χ1v) is 4.75. The highest BCUT2D eigenvalue weighted by atomic mass is 35.5. The van der Waals surface area contributed by atoms with Crippen LogP contribution in [0.1, 0.15) is 0 Å². The van der Waals surface area contributed by atoms with E-state index in [2.05, 4.69) is 4.98 Å². The molecule has 0 saturated heterocycles. The fourth-order valence-electron chi connectivity index (χ4n) is 0.674. The van der Waals surface area contributed by atoms with Gasteiger partial charge in [-0.25, -0.2) is 0 Å². The maximum atomic E-state index is 5.63. The van der Waals surface area contributed by atoms with E-state index in [9.17, 15) is 0 Å². The highest BCUT2D eigenvalue weighted by Crippen LogP contribution is 2.22. The number of anilines is 1. The Balaban J connectivity index is 2.62. The van der Waals surface area contributed by atoms with Gasteiger partial charge in [0.1, 0.15) is 0 Å². The van der Waals surface area contributed by atoms with Crippen LogP contribution in [0.4, 0.5) is 5.69 Å². The molecule has 0 bridgehead atoms. The van der Waals surface area contributed by atoms with Gasteiger partial charge in [0.15, 0.2) is 0 Å². The fourth-order valence-corrected chi connectivity index (χ4v) is 1.58. The molecule has 11 heavy (non-hydrogen) atoms. The summed E-state index contributed by atoms with van der Waals surface area (Å²) >= 11 is 7.18. The van der Waals surface area contributed by atoms with Gasteiger partial charge in [-0.15, -0.1) is 23.4 Å². The first kappa shape index (κ1) is 8.68. The summed E-state index contributed by atoms with van der Waals surface area (Å²) in [5.41, 5.74) is 6.36. The van der Waals surface area contributed by atoms with Crippen molar-refractivity contribution < 1.29 is 0 Å². The van der Waals surface area contributed by atoms with Crippen LogP contribution in [-0.2, 0) is 0 Å². The van der Waals surface area contributed by atoms with E-state index in [0.717, 1.165) is 16.3 Å². The molecular weight excluding hydrogens is 180 g/mol. The summed E-state index contributed by atoms with van der Waals surface area (Å²) in [6.45, 7) is 0. The van der Waals surface area contributed by atoms with E-state index in [4.69, 9.17) is 17.3 Å². The Kier molecular flexibility index (Phi) is 3.52. The molecule has 0 spiro atoms. The maximum absolute atomic E-state index is 5.63. The van der Waals surface area contributed by atoms with E-state index in [1.165, 1.54) is 0 Å². The van der Waals surface area contributed by atoms with Gasteiger partial charge < -0.3 is 5.73 Å². The SMILES string of the molecule is Nc1cnccc1SCCCl. The number of hydrogen-bond acceptors (Lipinski definition) is 3. The number of pyridine rings is 1. The van der Waals surface area contributed by atoms with Crippen molar-refractivity contribution >= 4 is 29.1 Å². The fraction of sp³-hybridized carbons (Fsp3) is 0.286. The number of rotatable bonds is 3. The molecule has 0 atom stereocenters. The molecule has 1 rings (SSSR count). The zero-order chi connectivity index (χ0) is 8.10. The lowest BCUT2D eigenvalue weighted by atomic mass is 10.4. The molecule has 1 aromatic heterocycles. The van der Waals surface area contributed by atoms with Crippen molar-refractivity contribution in [2.75, 3.05) is 17.4 Å². The molecule has 2 N–H and O–H groups in total. The van der Waals surface area contributed by atoms with Gasteiger partial charge in [0.2, 0.25) is 0 Å². The van der Waals surface area contributed by atoms with Gasteiger partial charge in [0.05, 0.1) is 11.9 Å². The Hall–Kier alpha value is -0.410. The van der Waals surface area contributed by atoms with Crippen LogP contribution in [0.25, 0.3) is 0 Å². The topological polar surface area (TPSA) is 38.9 Å². The molecular formula is C7H9ClN2S. The number of thioether (sulfide) groups is 1. The number of hydrogen-bond donors (Lipinski definition) is 1. The van der Waals surface area contributed by atoms with Crippen LogP contribution in [0.3, 0.4) is 0 Å². The first-order valence-electron chi connectivity index (χ1n) is 3.23. The normalized spacial score (nSPS) is 9.91. The summed E-state index contributed by atoms with van der Waals surface area (Å²) < 4.78 is 0. The lowest BCUT2D eigenvalue weighted by molar-refractivity contribution is 1.27. The van der Waals surface area contributed by atoms with Crippen molar-refractivity contribution in [2.24, 2.45) is 0 Å². The minimum absolute atomic E-state index is 0.645. The standard InChI is InChI=1S/C7H9ClN2S/c8-2-4-11-7-1-3-10-5-6(7)9/h1,3,5H,2,4,9H2. The number of halogens is 1. The number of nitrogen functional groups attached to an aromatic ring is 1. The molecule has 0 saturated carbocycles. The van der Waals surface area contributed by atoms with E-state index in [1.807, 2.05) is 6.07 Å². The second-order valence-electron chi connectivity index (χ2n) is 1.95. The van der Waals surface area contributed by atoms with Crippen molar-refractivity contribution in [1.82, 2.24) is 4.98 Å². The molecule has 1 aromatic rings. The molecule has 0 aliphatic rings. The number of alkyl halides is 1. The lowest BCUT2D eigenvalue weighted by Crippen LogP contribution is -1.90. The molecule has 60 valence electrons. The van der Waals surface area contributed by atoms with Gasteiger partial charge >= 0.3 is 0 Å². The first-order chi connectivity index (χ1) is 5.34. The van der Waals surface area contributed by atoms with Gasteiger partial charge in [0, 0.05) is 22.7 Å². The smallest absolute Gasteiger partial charge is 0.0638 e. The summed E-state index contributed by atoms with van der Waals surface area (Å²) in [7, 11) is 0. The summed E-state index contributed by atoms with van der Waals surface area (Å²) in [5.74, 6) is 1.53. The minimum atomic E-state index is 0.645. The molecule has 0 unspecified atom stereocenters. The van der Waals surface area contributed by atoms with Gasteiger partial charge in [-0.2, -0.15) is 0 Å². The zero-order valence-electron chi connectivity index (χ0n) is 5.96. The van der Waals surface area contributed by atoms with Gasteiger partial charge in [-0.1, -0.05) is 0 Å². The molecule has 0 radical (unpaired) electrons. The van der Waals surface area contributed by atoms with Crippen LogP contribution in [0, 0.1) is 0 Å². The van der Waals surface area contributed by atoms with Gasteiger partial charge in [-0.05, 0) is 6.07 Å². The Labute approximate surface area is 75.1 Å². The molecule has 0 aliphatic heterocycles. The van der Waals surface area contributed by atoms with E-state index >= 15 is 0 Å². The van der Waals surface area contributed by atoms with Gasteiger partial charge in [0.25, 0.3) is 0 Å². The third-order valence-electron chi connectivity index (χ3n) is 1.14. The van der Waals surface area contributed by atoms with Crippen molar-refractivity contribution in [3.8, 4) is 0 Å². The molecule has 0 fully saturated rings. The Morgan fingerprint density at radius 3 is 3.09 bits per heavy atom. The van der Waals surface area contributed by atoms with Crippen LogP contribution in [0.2, 0.25) is 0 Å². The average molecular weight is 189 g/mol. The summed E-state index contributed by atoms with van der Waals surface area (Å²) in [5, 5.41) is 0. The highest BCUT2D eigenvalue weighted by molar-refractivity contribution is 7.99. The van der Waals surface area contributed by atoms with E-state index < -0.39 is 0 Å². The Morgan fingerprint density at radius 2 is 2.45 bits per heavy atom. The summed E-state index contributed by atoms with van der Waals surface area (Å²) in [6, 6.07) is 1.90. The van der Waals surface area contributed by atoms with E-state index in [1.54, 1.807) is 24.2 Å². The lowest BCUT2D eigenvalue weighted by Gasteiger charge is -2.00. The van der Waals surface area contributed by atoms with Crippen LogP contribution in [0.15, 0.2) is 23.4 Å². The molecule has 0 aliphatic carbocycles. The van der Waals surface area contributed by atoms with Crippen molar-refractivity contribution in [1.29, 1.82) is 0 Å². The highest BCUT2D eigenvalue weighted by Gasteiger charge is 1.96. The van der Waals surface area contributed by atoms with Crippen molar-refractivity contribution in [2.45, 2.75) is 4.90 Å². The Bertz CT molecular complexity index is 229. The summed E-state index contributed by atoms with van der Waals surface area (Å²) in [6.07, 6.45) is 3.38. The Morgan fingerprint density at radius 1 is 1.64 bits per heavy atom. The largest absolute Gasteiger partial charge is 0.397 e. The van der Waals surface area contributed by atoms with Crippen molar-refractivity contribution in [3.63, 3.8) is 0 Å². The van der Waals surface area contributed by atoms with Crippen LogP contribution in [-0.4, -0.2) is 16.6 Å². The van der Waals surface area contributed by atoms with Crippen molar-refractivity contribution in [3.05, 3.63) is 18.5 Å².